The summed E-state index contributed by atoms with van der Waals surface area (Å²) in [6, 6.07) is 7.46. The number of amides is 1. The van der Waals surface area contributed by atoms with Crippen LogP contribution in [0.5, 0.6) is 0 Å². The fourth-order valence-corrected chi connectivity index (χ4v) is 2.15. The summed E-state index contributed by atoms with van der Waals surface area (Å²) in [6.45, 7) is 0. The highest BCUT2D eigenvalue weighted by Gasteiger charge is 2.19. The molecule has 1 atom stereocenters. The third kappa shape index (κ3) is 1.84. The minimum atomic E-state index is -0.636. The highest BCUT2D eigenvalue weighted by Crippen LogP contribution is 2.33. The minimum absolute atomic E-state index is 0.134. The molecule has 1 heterocycles. The van der Waals surface area contributed by atoms with Crippen molar-refractivity contribution >= 4 is 23.4 Å². The van der Waals surface area contributed by atoms with Crippen LogP contribution in [0.1, 0.15) is 6.42 Å². The maximum absolute atomic E-state index is 11.2. The average Bonchev–Trinajstić information content (AvgIpc) is 2.20. The Morgan fingerprint density at radius 1 is 1.46 bits per heavy atom. The number of carbonyl (C=O) groups is 1. The van der Waals surface area contributed by atoms with Gasteiger partial charge in [0.25, 0.3) is 0 Å². The van der Waals surface area contributed by atoms with Crippen molar-refractivity contribution in [2.45, 2.75) is 16.8 Å². The molecule has 3 nitrogen and oxygen atoms in total. The van der Waals surface area contributed by atoms with Crippen LogP contribution < -0.4 is 5.32 Å². The van der Waals surface area contributed by atoms with E-state index in [2.05, 4.69) is 5.32 Å². The number of hydrogen-bond acceptors (Lipinski definition) is 3. The van der Waals surface area contributed by atoms with Gasteiger partial charge in [-0.25, -0.2) is 0 Å². The van der Waals surface area contributed by atoms with Crippen LogP contribution in [0.3, 0.4) is 0 Å². The molecule has 1 aromatic carbocycles. The van der Waals surface area contributed by atoms with Gasteiger partial charge in [-0.2, -0.15) is 0 Å². The number of para-hydroxylation sites is 1. The van der Waals surface area contributed by atoms with Crippen LogP contribution in [-0.4, -0.2) is 16.4 Å². The Hall–Kier alpha value is -1.00. The summed E-state index contributed by atoms with van der Waals surface area (Å²) >= 11 is 1.31. The first-order chi connectivity index (χ1) is 6.25. The average molecular weight is 195 g/mol. The van der Waals surface area contributed by atoms with Crippen molar-refractivity contribution in [1.82, 2.24) is 0 Å². The lowest BCUT2D eigenvalue weighted by molar-refractivity contribution is -0.117. The second-order valence-corrected chi connectivity index (χ2v) is 4.04. The lowest BCUT2D eigenvalue weighted by Crippen LogP contribution is -2.14. The summed E-state index contributed by atoms with van der Waals surface area (Å²) in [5.41, 5.74) is 0.151. The van der Waals surface area contributed by atoms with Gasteiger partial charge in [-0.15, -0.1) is 0 Å². The van der Waals surface area contributed by atoms with Crippen molar-refractivity contribution in [2.75, 3.05) is 5.32 Å². The molecule has 4 heteroatoms. The van der Waals surface area contributed by atoms with E-state index in [1.807, 2.05) is 24.3 Å². The fraction of sp³-hybridized carbons (Fsp3) is 0.222. The summed E-state index contributed by atoms with van der Waals surface area (Å²) in [5.74, 6) is -0.134. The number of thioether (sulfide) groups is 1. The molecule has 13 heavy (non-hydrogen) atoms. The van der Waals surface area contributed by atoms with Crippen LogP contribution in [0.25, 0.3) is 0 Å². The highest BCUT2D eigenvalue weighted by molar-refractivity contribution is 8.00. The third-order valence-corrected chi connectivity index (χ3v) is 2.83. The molecular formula is C9H9NO2S. The summed E-state index contributed by atoms with van der Waals surface area (Å²) in [7, 11) is 0. The molecule has 1 amide bonds. The molecule has 1 aliphatic heterocycles. The Labute approximate surface area is 80.1 Å². The Balaban J connectivity index is 2.38. The SMILES string of the molecule is O=C1CC(O)Sc2ccccc2N1. The number of rotatable bonds is 0. The molecule has 2 rings (SSSR count). The maximum atomic E-state index is 11.2. The lowest BCUT2D eigenvalue weighted by Gasteiger charge is -2.04. The Kier molecular flexibility index (Phi) is 2.24. The molecule has 1 aliphatic rings. The van der Waals surface area contributed by atoms with Crippen LogP contribution in [0.4, 0.5) is 5.69 Å². The Bertz CT molecular complexity index is 340. The number of nitrogens with one attached hydrogen (secondary N) is 1. The van der Waals surface area contributed by atoms with Gasteiger partial charge in [0.1, 0.15) is 5.44 Å². The number of fused-ring (bicyclic) bond motifs is 1. The smallest absolute Gasteiger partial charge is 0.227 e. The standard InChI is InChI=1S/C9H9NO2S/c11-8-5-9(12)13-7-4-2-1-3-6(7)10-8/h1-4,9,12H,5H2,(H,10,11). The van der Waals surface area contributed by atoms with Crippen LogP contribution in [0.15, 0.2) is 29.2 Å². The van der Waals surface area contributed by atoms with Crippen molar-refractivity contribution < 1.29 is 9.90 Å². The van der Waals surface area contributed by atoms with Gasteiger partial charge >= 0.3 is 0 Å². The molecule has 0 radical (unpaired) electrons. The molecule has 0 bridgehead atoms. The number of aliphatic hydroxyl groups is 1. The molecule has 1 aromatic rings. The van der Waals surface area contributed by atoms with Crippen LogP contribution in [0.2, 0.25) is 0 Å². The molecule has 0 fully saturated rings. The molecule has 2 N–H and O–H groups in total. The quantitative estimate of drug-likeness (QED) is 0.658. The second-order valence-electron chi connectivity index (χ2n) is 2.82. The zero-order chi connectivity index (χ0) is 9.26. The predicted octanol–water partition coefficient (Wildman–Crippen LogP) is 1.44. The maximum Gasteiger partial charge on any atom is 0.227 e. The van der Waals surface area contributed by atoms with Crippen molar-refractivity contribution in [3.8, 4) is 0 Å². The minimum Gasteiger partial charge on any atom is -0.382 e. The van der Waals surface area contributed by atoms with Gasteiger partial charge in [0.15, 0.2) is 0 Å². The summed E-state index contributed by atoms with van der Waals surface area (Å²) < 4.78 is 0. The molecule has 68 valence electrons. The fourth-order valence-electron chi connectivity index (χ4n) is 1.22. The van der Waals surface area contributed by atoms with Crippen molar-refractivity contribution in [3.05, 3.63) is 24.3 Å². The number of anilines is 1. The van der Waals surface area contributed by atoms with Gasteiger partial charge in [0, 0.05) is 4.90 Å². The molecular weight excluding hydrogens is 186 g/mol. The van der Waals surface area contributed by atoms with Crippen molar-refractivity contribution in [2.24, 2.45) is 0 Å². The number of benzene rings is 1. The first-order valence-electron chi connectivity index (χ1n) is 3.99. The Morgan fingerprint density at radius 2 is 2.23 bits per heavy atom. The number of aliphatic hydroxyl groups excluding tert-OH is 1. The lowest BCUT2D eigenvalue weighted by atomic mass is 10.3. The van der Waals surface area contributed by atoms with Crippen LogP contribution >= 0.6 is 11.8 Å². The molecule has 1 unspecified atom stereocenters. The molecule has 0 saturated heterocycles. The van der Waals surface area contributed by atoms with Gasteiger partial charge in [0.05, 0.1) is 12.1 Å². The van der Waals surface area contributed by atoms with E-state index >= 15 is 0 Å². The van der Waals surface area contributed by atoms with Gasteiger partial charge < -0.3 is 10.4 Å². The van der Waals surface area contributed by atoms with E-state index in [9.17, 15) is 9.90 Å². The zero-order valence-corrected chi connectivity index (χ0v) is 7.67. The van der Waals surface area contributed by atoms with Crippen LogP contribution in [0, 0.1) is 0 Å². The molecule has 0 saturated carbocycles. The topological polar surface area (TPSA) is 49.3 Å². The number of hydrogen-bond donors (Lipinski definition) is 2. The molecule has 0 spiro atoms. The van der Waals surface area contributed by atoms with E-state index in [0.29, 0.717) is 0 Å². The van der Waals surface area contributed by atoms with E-state index in [4.69, 9.17) is 0 Å². The first kappa shape index (κ1) is 8.59. The monoisotopic (exact) mass is 195 g/mol. The Morgan fingerprint density at radius 3 is 3.08 bits per heavy atom. The summed E-state index contributed by atoms with van der Waals surface area (Å²) in [4.78, 5) is 12.1. The zero-order valence-electron chi connectivity index (χ0n) is 6.86. The molecule has 0 aliphatic carbocycles. The molecule has 0 aromatic heterocycles. The van der Waals surface area contributed by atoms with Crippen LogP contribution in [-0.2, 0) is 4.79 Å². The summed E-state index contributed by atoms with van der Waals surface area (Å²) in [6.07, 6.45) is 0.152. The summed E-state index contributed by atoms with van der Waals surface area (Å²) in [5, 5.41) is 12.1. The highest BCUT2D eigenvalue weighted by atomic mass is 32.2. The van der Waals surface area contributed by atoms with Crippen molar-refractivity contribution in [3.63, 3.8) is 0 Å². The predicted molar refractivity (Wildman–Crippen MR) is 51.6 cm³/mol. The van der Waals surface area contributed by atoms with Gasteiger partial charge in [-0.05, 0) is 12.1 Å². The van der Waals surface area contributed by atoms with Gasteiger partial charge in [-0.1, -0.05) is 23.9 Å². The van der Waals surface area contributed by atoms with Gasteiger partial charge in [-0.3, -0.25) is 4.79 Å². The largest absolute Gasteiger partial charge is 0.382 e. The van der Waals surface area contributed by atoms with Crippen molar-refractivity contribution in [1.29, 1.82) is 0 Å². The van der Waals surface area contributed by atoms with E-state index in [1.54, 1.807) is 0 Å². The van der Waals surface area contributed by atoms with E-state index in [1.165, 1.54) is 11.8 Å². The first-order valence-corrected chi connectivity index (χ1v) is 4.87. The van der Waals surface area contributed by atoms with Gasteiger partial charge in [0.2, 0.25) is 5.91 Å². The number of carbonyl (C=O) groups excluding carboxylic acids is 1. The third-order valence-electron chi connectivity index (χ3n) is 1.78. The van der Waals surface area contributed by atoms with E-state index in [0.717, 1.165) is 10.6 Å². The van der Waals surface area contributed by atoms with E-state index in [-0.39, 0.29) is 12.3 Å². The van der Waals surface area contributed by atoms with E-state index < -0.39 is 5.44 Å². The second kappa shape index (κ2) is 3.40. The normalized spacial score (nSPS) is 21.6.